The minimum absolute atomic E-state index is 0.00234. The predicted molar refractivity (Wildman–Crippen MR) is 86.8 cm³/mol. The predicted octanol–water partition coefficient (Wildman–Crippen LogP) is 3.00. The molecule has 0 spiro atoms. The zero-order chi connectivity index (χ0) is 16.1. The van der Waals surface area contributed by atoms with Crippen LogP contribution in [0.1, 0.15) is 16.4 Å². The van der Waals surface area contributed by atoms with Crippen LogP contribution >= 0.6 is 11.3 Å². The number of hydrogen-bond acceptors (Lipinski definition) is 5. The molecule has 1 amide bonds. The lowest BCUT2D eigenvalue weighted by Crippen LogP contribution is -2.40. The Bertz CT molecular complexity index is 724. The van der Waals surface area contributed by atoms with Crippen LogP contribution in [0.2, 0.25) is 0 Å². The van der Waals surface area contributed by atoms with Crippen molar-refractivity contribution in [3.63, 3.8) is 0 Å². The third kappa shape index (κ3) is 3.44. The molecule has 3 heterocycles. The van der Waals surface area contributed by atoms with Crippen LogP contribution in [-0.2, 0) is 10.4 Å². The fraction of sp³-hybridized carbons (Fsp3) is 0.118. The fourth-order valence-electron chi connectivity index (χ4n) is 2.14. The Hall–Kier alpha value is -2.57. The highest BCUT2D eigenvalue weighted by Crippen LogP contribution is 2.32. The molecule has 0 aromatic carbocycles. The zero-order valence-electron chi connectivity index (χ0n) is 12.1. The van der Waals surface area contributed by atoms with Crippen molar-refractivity contribution in [1.29, 1.82) is 0 Å². The van der Waals surface area contributed by atoms with Crippen molar-refractivity contribution >= 4 is 23.3 Å². The third-order valence-corrected chi connectivity index (χ3v) is 4.34. The molecule has 5 nitrogen and oxygen atoms in total. The van der Waals surface area contributed by atoms with Crippen molar-refractivity contribution in [1.82, 2.24) is 5.32 Å². The van der Waals surface area contributed by atoms with E-state index in [9.17, 15) is 9.90 Å². The molecule has 0 aliphatic carbocycles. The van der Waals surface area contributed by atoms with E-state index in [1.165, 1.54) is 29.9 Å². The van der Waals surface area contributed by atoms with E-state index in [0.29, 0.717) is 16.4 Å². The van der Waals surface area contributed by atoms with E-state index < -0.39 is 5.60 Å². The summed E-state index contributed by atoms with van der Waals surface area (Å²) in [6, 6.07) is 10.5. The molecule has 23 heavy (non-hydrogen) atoms. The van der Waals surface area contributed by atoms with Crippen molar-refractivity contribution in [2.24, 2.45) is 0 Å². The summed E-state index contributed by atoms with van der Waals surface area (Å²) in [6.45, 7) is 0.00234. The number of furan rings is 2. The van der Waals surface area contributed by atoms with Gasteiger partial charge in [0.05, 0.1) is 19.1 Å². The number of hydrogen-bond donors (Lipinski definition) is 2. The standard InChI is InChI=1S/C17H15NO4S/c19-16(8-7-13-4-1-9-21-13)18-12-17(20,14-5-2-10-22-14)15-6-3-11-23-15/h1-11,20H,12H2,(H,18,19)/b8-7+/t17-/m0/s1. The number of thiophene rings is 1. The van der Waals surface area contributed by atoms with Gasteiger partial charge in [0, 0.05) is 11.0 Å². The average Bonchev–Trinajstić information content (AvgIpc) is 3.33. The number of nitrogens with one attached hydrogen (secondary N) is 1. The lowest BCUT2D eigenvalue weighted by atomic mass is 9.98. The van der Waals surface area contributed by atoms with Crippen molar-refractivity contribution in [3.8, 4) is 0 Å². The van der Waals surface area contributed by atoms with Crippen LogP contribution in [0, 0.1) is 0 Å². The molecule has 0 aliphatic heterocycles. The van der Waals surface area contributed by atoms with E-state index in [2.05, 4.69) is 5.32 Å². The normalized spacial score (nSPS) is 14.0. The highest BCUT2D eigenvalue weighted by molar-refractivity contribution is 7.10. The van der Waals surface area contributed by atoms with Gasteiger partial charge in [-0.1, -0.05) is 6.07 Å². The summed E-state index contributed by atoms with van der Waals surface area (Å²) >= 11 is 1.40. The first-order valence-electron chi connectivity index (χ1n) is 6.98. The molecule has 0 bridgehead atoms. The summed E-state index contributed by atoms with van der Waals surface area (Å²) < 4.78 is 10.5. The van der Waals surface area contributed by atoms with Gasteiger partial charge in [-0.05, 0) is 41.8 Å². The molecule has 1 atom stereocenters. The van der Waals surface area contributed by atoms with E-state index in [4.69, 9.17) is 8.83 Å². The van der Waals surface area contributed by atoms with E-state index in [1.807, 2.05) is 11.4 Å². The average molecular weight is 329 g/mol. The number of aliphatic hydroxyl groups is 1. The molecule has 0 fully saturated rings. The Labute approximate surface area is 136 Å². The Balaban J connectivity index is 1.71. The lowest BCUT2D eigenvalue weighted by Gasteiger charge is -2.24. The van der Waals surface area contributed by atoms with Crippen LogP contribution in [0.25, 0.3) is 6.08 Å². The molecule has 2 N–H and O–H groups in total. The molecule has 0 aliphatic rings. The zero-order valence-corrected chi connectivity index (χ0v) is 13.0. The summed E-state index contributed by atoms with van der Waals surface area (Å²) in [5.41, 5.74) is -1.40. The van der Waals surface area contributed by atoms with Gasteiger partial charge in [-0.2, -0.15) is 0 Å². The second-order valence-electron chi connectivity index (χ2n) is 4.88. The molecule has 0 saturated carbocycles. The van der Waals surface area contributed by atoms with Crippen molar-refractivity contribution in [3.05, 3.63) is 76.8 Å². The maximum Gasteiger partial charge on any atom is 0.244 e. The molecule has 3 aromatic heterocycles. The first-order valence-corrected chi connectivity index (χ1v) is 7.86. The van der Waals surface area contributed by atoms with Gasteiger partial charge < -0.3 is 19.3 Å². The van der Waals surface area contributed by atoms with Gasteiger partial charge in [-0.15, -0.1) is 11.3 Å². The summed E-state index contributed by atoms with van der Waals surface area (Å²) in [5.74, 6) is 0.637. The van der Waals surface area contributed by atoms with Crippen LogP contribution in [0.4, 0.5) is 0 Å². The number of carbonyl (C=O) groups excluding carboxylic acids is 1. The monoisotopic (exact) mass is 329 g/mol. The first-order chi connectivity index (χ1) is 11.2. The maximum atomic E-state index is 11.9. The van der Waals surface area contributed by atoms with Crippen LogP contribution in [0.3, 0.4) is 0 Å². The highest BCUT2D eigenvalue weighted by Gasteiger charge is 2.35. The quantitative estimate of drug-likeness (QED) is 0.682. The minimum Gasteiger partial charge on any atom is -0.466 e. The topological polar surface area (TPSA) is 75.6 Å². The maximum absolute atomic E-state index is 11.9. The van der Waals surface area contributed by atoms with Crippen LogP contribution < -0.4 is 5.32 Å². The van der Waals surface area contributed by atoms with Crippen molar-refractivity contribution in [2.75, 3.05) is 6.54 Å². The molecule has 3 rings (SSSR count). The second-order valence-corrected chi connectivity index (χ2v) is 5.83. The molecule has 0 unspecified atom stereocenters. The van der Waals surface area contributed by atoms with E-state index in [1.54, 1.807) is 36.4 Å². The van der Waals surface area contributed by atoms with Gasteiger partial charge in [0.25, 0.3) is 0 Å². The van der Waals surface area contributed by atoms with Gasteiger partial charge in [0.2, 0.25) is 5.91 Å². The highest BCUT2D eigenvalue weighted by atomic mass is 32.1. The Morgan fingerprint density at radius 1 is 1.22 bits per heavy atom. The minimum atomic E-state index is -1.40. The first kappa shape index (κ1) is 15.3. The number of rotatable bonds is 6. The molecule has 0 saturated heterocycles. The molecule has 6 heteroatoms. The van der Waals surface area contributed by atoms with Crippen LogP contribution in [0.5, 0.6) is 0 Å². The largest absolute Gasteiger partial charge is 0.466 e. The third-order valence-electron chi connectivity index (χ3n) is 3.32. The second kappa shape index (κ2) is 6.68. The van der Waals surface area contributed by atoms with Crippen LogP contribution in [0.15, 0.2) is 69.2 Å². The Kier molecular flexibility index (Phi) is 4.45. The number of amides is 1. The Morgan fingerprint density at radius 3 is 2.70 bits per heavy atom. The summed E-state index contributed by atoms with van der Waals surface area (Å²) in [6.07, 6.45) is 5.94. The van der Waals surface area contributed by atoms with E-state index in [0.717, 1.165) is 0 Å². The summed E-state index contributed by atoms with van der Waals surface area (Å²) in [7, 11) is 0. The lowest BCUT2D eigenvalue weighted by molar-refractivity contribution is -0.117. The van der Waals surface area contributed by atoms with E-state index in [-0.39, 0.29) is 12.5 Å². The molecular formula is C17H15NO4S. The van der Waals surface area contributed by atoms with Gasteiger partial charge in [-0.25, -0.2) is 0 Å². The van der Waals surface area contributed by atoms with Gasteiger partial charge >= 0.3 is 0 Å². The van der Waals surface area contributed by atoms with Gasteiger partial charge in [0.1, 0.15) is 11.5 Å². The van der Waals surface area contributed by atoms with Crippen molar-refractivity contribution < 1.29 is 18.7 Å². The smallest absolute Gasteiger partial charge is 0.244 e. The molecule has 118 valence electrons. The molecular weight excluding hydrogens is 314 g/mol. The van der Waals surface area contributed by atoms with E-state index >= 15 is 0 Å². The Morgan fingerprint density at radius 2 is 2.04 bits per heavy atom. The summed E-state index contributed by atoms with van der Waals surface area (Å²) in [4.78, 5) is 12.6. The SMILES string of the molecule is O=C(/C=C/c1ccco1)NC[C@](O)(c1ccco1)c1cccs1. The van der Waals surface area contributed by atoms with Gasteiger partial charge in [0.15, 0.2) is 5.60 Å². The molecule has 3 aromatic rings. The van der Waals surface area contributed by atoms with Gasteiger partial charge in [-0.3, -0.25) is 4.79 Å². The van der Waals surface area contributed by atoms with Crippen molar-refractivity contribution in [2.45, 2.75) is 5.60 Å². The number of carbonyl (C=O) groups is 1. The fourth-order valence-corrected chi connectivity index (χ4v) is 2.97. The summed E-state index contributed by atoms with van der Waals surface area (Å²) in [5, 5.41) is 15.5. The van der Waals surface area contributed by atoms with Crippen LogP contribution in [-0.4, -0.2) is 17.6 Å². The molecule has 0 radical (unpaired) electrons.